The maximum atomic E-state index is 13.8. The SMILES string of the molecule is CC1c2nnc(F)n2C(C)CN1C(=O)C[C@H](N)Cc1cc(F)c(F)cc1F. The summed E-state index contributed by atoms with van der Waals surface area (Å²) in [6.07, 6.45) is -0.967. The van der Waals surface area contributed by atoms with Gasteiger partial charge in [-0.15, -0.1) is 5.10 Å². The average Bonchev–Trinajstić information content (AvgIpc) is 2.98. The third kappa shape index (κ3) is 3.66. The summed E-state index contributed by atoms with van der Waals surface area (Å²) < 4.78 is 55.1. The predicted molar refractivity (Wildman–Crippen MR) is 87.4 cm³/mol. The minimum atomic E-state index is -1.28. The zero-order valence-electron chi connectivity index (χ0n) is 14.8. The van der Waals surface area contributed by atoms with Crippen molar-refractivity contribution in [1.82, 2.24) is 19.7 Å². The van der Waals surface area contributed by atoms with Crippen molar-refractivity contribution < 1.29 is 22.4 Å². The van der Waals surface area contributed by atoms with E-state index in [0.717, 1.165) is 6.07 Å². The number of aromatic nitrogens is 3. The van der Waals surface area contributed by atoms with Crippen molar-refractivity contribution >= 4 is 5.91 Å². The Balaban J connectivity index is 1.69. The van der Waals surface area contributed by atoms with Crippen molar-refractivity contribution in [3.63, 3.8) is 0 Å². The van der Waals surface area contributed by atoms with E-state index in [-0.39, 0.29) is 36.9 Å². The Morgan fingerprint density at radius 3 is 2.56 bits per heavy atom. The van der Waals surface area contributed by atoms with E-state index in [1.54, 1.807) is 13.8 Å². The molecule has 0 bridgehead atoms. The van der Waals surface area contributed by atoms with E-state index in [4.69, 9.17) is 5.73 Å². The van der Waals surface area contributed by atoms with Crippen molar-refractivity contribution in [2.24, 2.45) is 5.73 Å². The Labute approximate surface area is 153 Å². The minimum Gasteiger partial charge on any atom is -0.331 e. The van der Waals surface area contributed by atoms with Crippen molar-refractivity contribution in [3.05, 3.63) is 47.1 Å². The van der Waals surface area contributed by atoms with Gasteiger partial charge in [0.2, 0.25) is 5.91 Å². The Bertz CT molecular complexity index is 871. The van der Waals surface area contributed by atoms with Crippen LogP contribution < -0.4 is 5.73 Å². The highest BCUT2D eigenvalue weighted by Crippen LogP contribution is 2.30. The number of hydrogen-bond acceptors (Lipinski definition) is 4. The van der Waals surface area contributed by atoms with Crippen LogP contribution in [0.3, 0.4) is 0 Å². The minimum absolute atomic E-state index is 0.101. The number of carbonyl (C=O) groups excluding carboxylic acids is 1. The number of nitrogens with zero attached hydrogens (tertiary/aromatic N) is 4. The molecule has 3 atom stereocenters. The Kier molecular flexibility index (Phi) is 5.18. The second kappa shape index (κ2) is 7.26. The Morgan fingerprint density at radius 1 is 1.19 bits per heavy atom. The highest BCUT2D eigenvalue weighted by Gasteiger charge is 2.35. The molecule has 2 N–H and O–H groups in total. The van der Waals surface area contributed by atoms with Crippen LogP contribution in [-0.4, -0.2) is 38.2 Å². The van der Waals surface area contributed by atoms with Crippen LogP contribution in [0.4, 0.5) is 17.6 Å². The van der Waals surface area contributed by atoms with E-state index in [1.165, 1.54) is 9.47 Å². The largest absolute Gasteiger partial charge is 0.331 e. The molecule has 3 rings (SSSR count). The fourth-order valence-electron chi connectivity index (χ4n) is 3.37. The van der Waals surface area contributed by atoms with Crippen molar-refractivity contribution in [2.45, 2.75) is 44.8 Å². The quantitative estimate of drug-likeness (QED) is 0.647. The molecule has 1 aromatic carbocycles. The molecular formula is C17H19F4N5O. The maximum absolute atomic E-state index is 13.8. The summed E-state index contributed by atoms with van der Waals surface area (Å²) in [5, 5.41) is 7.19. The van der Waals surface area contributed by atoms with Crippen LogP contribution in [-0.2, 0) is 11.2 Å². The highest BCUT2D eigenvalue weighted by atomic mass is 19.2. The molecule has 1 aromatic heterocycles. The van der Waals surface area contributed by atoms with Gasteiger partial charge in [0.25, 0.3) is 0 Å². The number of amides is 1. The first kappa shape index (κ1) is 19.3. The van der Waals surface area contributed by atoms with E-state index >= 15 is 0 Å². The monoisotopic (exact) mass is 385 g/mol. The van der Waals surface area contributed by atoms with E-state index in [9.17, 15) is 22.4 Å². The van der Waals surface area contributed by atoms with E-state index < -0.39 is 35.6 Å². The number of halogens is 4. The van der Waals surface area contributed by atoms with Crippen molar-refractivity contribution in [2.75, 3.05) is 6.54 Å². The summed E-state index contributed by atoms with van der Waals surface area (Å²) in [4.78, 5) is 14.2. The standard InChI is InChI=1S/C17H19F4N5O/c1-8-7-25(9(2)16-23-24-17(21)26(8)16)15(27)5-11(22)3-10-4-13(19)14(20)6-12(10)18/h4,6,8-9,11H,3,5,7,22H2,1-2H3/t8?,9?,11-/m1/s1. The summed E-state index contributed by atoms with van der Waals surface area (Å²) in [5.74, 6) is -3.36. The Morgan fingerprint density at radius 2 is 1.85 bits per heavy atom. The molecule has 0 radical (unpaired) electrons. The summed E-state index contributed by atoms with van der Waals surface area (Å²) in [6.45, 7) is 3.68. The molecule has 1 aliphatic rings. The summed E-state index contributed by atoms with van der Waals surface area (Å²) in [5.41, 5.74) is 5.82. The van der Waals surface area contributed by atoms with Crippen LogP contribution in [0.15, 0.2) is 12.1 Å². The number of fused-ring (bicyclic) bond motifs is 1. The van der Waals surface area contributed by atoms with Gasteiger partial charge in [0.1, 0.15) is 5.82 Å². The lowest BCUT2D eigenvalue weighted by Crippen LogP contribution is -2.45. The van der Waals surface area contributed by atoms with Crippen LogP contribution in [0.25, 0.3) is 0 Å². The zero-order valence-corrected chi connectivity index (χ0v) is 14.8. The van der Waals surface area contributed by atoms with Gasteiger partial charge in [-0.05, 0) is 31.9 Å². The van der Waals surface area contributed by atoms with Crippen molar-refractivity contribution in [3.8, 4) is 0 Å². The molecule has 2 heterocycles. The number of hydrogen-bond donors (Lipinski definition) is 1. The van der Waals surface area contributed by atoms with Crippen LogP contribution in [0.2, 0.25) is 0 Å². The van der Waals surface area contributed by atoms with Gasteiger partial charge in [-0.3, -0.25) is 9.36 Å². The normalized spacial score (nSPS) is 20.5. The fourth-order valence-corrected chi connectivity index (χ4v) is 3.37. The summed E-state index contributed by atoms with van der Waals surface area (Å²) in [6, 6.07) is -0.454. The lowest BCUT2D eigenvalue weighted by Gasteiger charge is -2.37. The maximum Gasteiger partial charge on any atom is 0.309 e. The highest BCUT2D eigenvalue weighted by molar-refractivity contribution is 5.77. The van der Waals surface area contributed by atoms with Gasteiger partial charge in [0, 0.05) is 25.1 Å². The fraction of sp³-hybridized carbons (Fsp3) is 0.471. The summed E-state index contributed by atoms with van der Waals surface area (Å²) in [7, 11) is 0. The lowest BCUT2D eigenvalue weighted by atomic mass is 10.0. The molecule has 1 aliphatic heterocycles. The number of nitrogens with two attached hydrogens (primary N) is 1. The molecule has 146 valence electrons. The predicted octanol–water partition coefficient (Wildman–Crippen LogP) is 2.26. The number of benzene rings is 1. The van der Waals surface area contributed by atoms with Crippen molar-refractivity contribution in [1.29, 1.82) is 0 Å². The van der Waals surface area contributed by atoms with Gasteiger partial charge in [-0.1, -0.05) is 5.10 Å². The molecule has 6 nitrogen and oxygen atoms in total. The molecule has 1 amide bonds. The molecule has 0 saturated heterocycles. The molecule has 27 heavy (non-hydrogen) atoms. The molecule has 10 heteroatoms. The van der Waals surface area contributed by atoms with E-state index in [0.29, 0.717) is 11.9 Å². The van der Waals surface area contributed by atoms with Gasteiger partial charge in [0.05, 0.1) is 12.1 Å². The molecule has 0 aliphatic carbocycles. The van der Waals surface area contributed by atoms with Crippen LogP contribution >= 0.6 is 0 Å². The number of carbonyl (C=O) groups is 1. The van der Waals surface area contributed by atoms with Gasteiger partial charge in [0.15, 0.2) is 17.5 Å². The summed E-state index contributed by atoms with van der Waals surface area (Å²) >= 11 is 0. The number of rotatable bonds is 4. The second-order valence-corrected chi connectivity index (χ2v) is 6.79. The topological polar surface area (TPSA) is 77.0 Å². The first-order valence-electron chi connectivity index (χ1n) is 8.47. The smallest absolute Gasteiger partial charge is 0.309 e. The molecule has 0 spiro atoms. The molecule has 2 aromatic rings. The zero-order chi connectivity index (χ0) is 19.9. The third-order valence-corrected chi connectivity index (χ3v) is 4.75. The molecule has 0 fully saturated rings. The van der Waals surface area contributed by atoms with Gasteiger partial charge in [-0.25, -0.2) is 13.2 Å². The van der Waals surface area contributed by atoms with E-state index in [1.807, 2.05) is 0 Å². The lowest BCUT2D eigenvalue weighted by molar-refractivity contribution is -0.135. The van der Waals surface area contributed by atoms with E-state index in [2.05, 4.69) is 10.2 Å². The average molecular weight is 385 g/mol. The third-order valence-electron chi connectivity index (χ3n) is 4.75. The van der Waals surface area contributed by atoms with Gasteiger partial charge >= 0.3 is 6.08 Å². The second-order valence-electron chi connectivity index (χ2n) is 6.79. The van der Waals surface area contributed by atoms with Crippen LogP contribution in [0, 0.1) is 23.5 Å². The molecule has 2 unspecified atom stereocenters. The molecule has 0 saturated carbocycles. The first-order chi connectivity index (χ1) is 12.7. The van der Waals surface area contributed by atoms with Gasteiger partial charge in [-0.2, -0.15) is 4.39 Å². The Hall–Kier alpha value is -2.49. The molecular weight excluding hydrogens is 366 g/mol. The van der Waals surface area contributed by atoms with Crippen LogP contribution in [0.5, 0.6) is 0 Å². The van der Waals surface area contributed by atoms with Crippen LogP contribution in [0.1, 0.15) is 43.7 Å². The first-order valence-corrected chi connectivity index (χ1v) is 8.47. The van der Waals surface area contributed by atoms with Gasteiger partial charge < -0.3 is 10.6 Å².